The Morgan fingerprint density at radius 2 is 1.53 bits per heavy atom. The summed E-state index contributed by atoms with van der Waals surface area (Å²) < 4.78 is 15.3. The Morgan fingerprint density at radius 1 is 1.00 bits per heavy atom. The predicted molar refractivity (Wildman–Crippen MR) is 67.3 cm³/mol. The van der Waals surface area contributed by atoms with Crippen molar-refractivity contribution in [3.63, 3.8) is 0 Å². The van der Waals surface area contributed by atoms with E-state index in [2.05, 4.69) is 0 Å². The number of carboxylic acid groups (broad SMARTS) is 1. The Morgan fingerprint density at radius 3 is 1.89 bits per heavy atom. The molecule has 6 nitrogen and oxygen atoms in total. The maximum absolute atomic E-state index is 12.0. The van der Waals surface area contributed by atoms with E-state index in [0.717, 1.165) is 0 Å². The monoisotopic (exact) mass is 268 g/mol. The van der Waals surface area contributed by atoms with Crippen LogP contribution in [-0.2, 0) is 4.79 Å². The molecule has 6 heteroatoms. The molecular formula is C13H16O6. The summed E-state index contributed by atoms with van der Waals surface area (Å²) in [6.45, 7) is 0. The highest BCUT2D eigenvalue weighted by atomic mass is 16.5. The lowest BCUT2D eigenvalue weighted by Crippen LogP contribution is -2.08. The minimum absolute atomic E-state index is 0.117. The maximum atomic E-state index is 12.0. The average molecular weight is 268 g/mol. The molecule has 1 aromatic rings. The van der Waals surface area contributed by atoms with E-state index in [4.69, 9.17) is 19.3 Å². The van der Waals surface area contributed by atoms with Crippen LogP contribution in [0.4, 0.5) is 0 Å². The molecule has 0 spiro atoms. The highest BCUT2D eigenvalue weighted by Gasteiger charge is 2.20. The molecule has 1 N–H and O–H groups in total. The number of carbonyl (C=O) groups is 2. The van der Waals surface area contributed by atoms with E-state index >= 15 is 0 Å². The van der Waals surface area contributed by atoms with Crippen LogP contribution in [0.5, 0.6) is 17.2 Å². The zero-order valence-corrected chi connectivity index (χ0v) is 11.1. The van der Waals surface area contributed by atoms with Crippen LogP contribution in [0.15, 0.2) is 12.1 Å². The van der Waals surface area contributed by atoms with Crippen LogP contribution in [0.2, 0.25) is 0 Å². The van der Waals surface area contributed by atoms with Crippen LogP contribution in [0, 0.1) is 0 Å². The average Bonchev–Trinajstić information content (AvgIpc) is 2.42. The van der Waals surface area contributed by atoms with Gasteiger partial charge < -0.3 is 19.3 Å². The van der Waals surface area contributed by atoms with Crippen molar-refractivity contribution < 1.29 is 28.9 Å². The predicted octanol–water partition coefficient (Wildman–Crippen LogP) is 1.76. The molecule has 0 aliphatic heterocycles. The lowest BCUT2D eigenvalue weighted by molar-refractivity contribution is -0.136. The number of ether oxygens (including phenoxy) is 3. The minimum atomic E-state index is -1.03. The largest absolute Gasteiger partial charge is 0.496 e. The zero-order chi connectivity index (χ0) is 14.4. The molecule has 104 valence electrons. The summed E-state index contributed by atoms with van der Waals surface area (Å²) in [5.41, 5.74) is 0.229. The fourth-order valence-corrected chi connectivity index (χ4v) is 1.63. The molecule has 0 unspecified atom stereocenters. The Balaban J connectivity index is 3.16. The highest BCUT2D eigenvalue weighted by Crippen LogP contribution is 2.35. The molecule has 0 aliphatic rings. The summed E-state index contributed by atoms with van der Waals surface area (Å²) in [5, 5.41) is 8.61. The molecule has 0 amide bonds. The molecule has 0 saturated heterocycles. The van der Waals surface area contributed by atoms with E-state index in [1.54, 1.807) is 12.1 Å². The zero-order valence-electron chi connectivity index (χ0n) is 11.1. The van der Waals surface area contributed by atoms with Gasteiger partial charge in [0.15, 0.2) is 5.78 Å². The molecule has 0 atom stereocenters. The molecule has 0 fully saturated rings. The van der Waals surface area contributed by atoms with E-state index in [0.29, 0.717) is 17.2 Å². The second-order valence-electron chi connectivity index (χ2n) is 3.72. The first-order chi connectivity index (χ1) is 9.03. The van der Waals surface area contributed by atoms with Crippen molar-refractivity contribution in [3.8, 4) is 17.2 Å². The summed E-state index contributed by atoms with van der Waals surface area (Å²) in [7, 11) is 4.32. The fourth-order valence-electron chi connectivity index (χ4n) is 1.63. The van der Waals surface area contributed by atoms with E-state index in [-0.39, 0.29) is 24.2 Å². The SMILES string of the molecule is COc1cc(OC)c(C(=O)CCC(=O)O)c(OC)c1. The number of methoxy groups -OCH3 is 3. The number of hydrogen-bond acceptors (Lipinski definition) is 5. The summed E-state index contributed by atoms with van der Waals surface area (Å²) in [4.78, 5) is 22.6. The third kappa shape index (κ3) is 3.61. The first-order valence-corrected chi connectivity index (χ1v) is 5.58. The van der Waals surface area contributed by atoms with Gasteiger partial charge in [-0.3, -0.25) is 9.59 Å². The van der Waals surface area contributed by atoms with Gasteiger partial charge in [0.05, 0.1) is 27.8 Å². The van der Waals surface area contributed by atoms with Crippen molar-refractivity contribution in [2.45, 2.75) is 12.8 Å². The van der Waals surface area contributed by atoms with Crippen molar-refractivity contribution in [1.29, 1.82) is 0 Å². The van der Waals surface area contributed by atoms with E-state index < -0.39 is 5.97 Å². The number of ketones is 1. The standard InChI is InChI=1S/C13H16O6/c1-17-8-6-10(18-2)13(11(7-8)19-3)9(14)4-5-12(15)16/h6-7H,4-5H2,1-3H3,(H,15,16). The number of benzene rings is 1. The number of Topliss-reactive ketones (excluding diaryl/α,β-unsaturated/α-hetero) is 1. The molecule has 0 saturated carbocycles. The minimum Gasteiger partial charge on any atom is -0.496 e. The van der Waals surface area contributed by atoms with Gasteiger partial charge in [0.25, 0.3) is 0 Å². The number of carbonyl (C=O) groups excluding carboxylic acids is 1. The van der Waals surface area contributed by atoms with Gasteiger partial charge >= 0.3 is 5.97 Å². The quantitative estimate of drug-likeness (QED) is 0.759. The maximum Gasteiger partial charge on any atom is 0.303 e. The molecule has 0 bridgehead atoms. The van der Waals surface area contributed by atoms with Crippen molar-refractivity contribution >= 4 is 11.8 Å². The molecular weight excluding hydrogens is 252 g/mol. The van der Waals surface area contributed by atoms with Gasteiger partial charge in [-0.2, -0.15) is 0 Å². The van der Waals surface area contributed by atoms with Gasteiger partial charge in [0.1, 0.15) is 22.8 Å². The van der Waals surface area contributed by atoms with Crippen molar-refractivity contribution in [2.24, 2.45) is 0 Å². The number of rotatable bonds is 7. The Labute approximate surface area is 110 Å². The lowest BCUT2D eigenvalue weighted by Gasteiger charge is -2.13. The number of aliphatic carboxylic acids is 1. The van der Waals surface area contributed by atoms with Crippen LogP contribution >= 0.6 is 0 Å². The van der Waals surface area contributed by atoms with Gasteiger partial charge in [-0.15, -0.1) is 0 Å². The number of hydrogen-bond donors (Lipinski definition) is 1. The summed E-state index contributed by atoms with van der Waals surface area (Å²) in [6.07, 6.45) is -0.356. The topological polar surface area (TPSA) is 82.1 Å². The molecule has 0 aromatic heterocycles. The third-order valence-corrected chi connectivity index (χ3v) is 2.56. The van der Waals surface area contributed by atoms with Crippen molar-refractivity contribution in [3.05, 3.63) is 17.7 Å². The van der Waals surface area contributed by atoms with Crippen LogP contribution in [0.1, 0.15) is 23.2 Å². The van der Waals surface area contributed by atoms with Crippen LogP contribution in [-0.4, -0.2) is 38.2 Å². The summed E-state index contributed by atoms with van der Waals surface area (Å²) in [5.74, 6) is -0.291. The smallest absolute Gasteiger partial charge is 0.303 e. The van der Waals surface area contributed by atoms with Gasteiger partial charge in [-0.1, -0.05) is 0 Å². The Hall–Kier alpha value is -2.24. The van der Waals surface area contributed by atoms with Gasteiger partial charge in [0.2, 0.25) is 0 Å². The van der Waals surface area contributed by atoms with Crippen LogP contribution < -0.4 is 14.2 Å². The first kappa shape index (κ1) is 14.8. The molecule has 1 aromatic carbocycles. The first-order valence-electron chi connectivity index (χ1n) is 5.58. The Bertz CT molecular complexity index is 455. The molecule has 1 rings (SSSR count). The number of carboxylic acids is 1. The summed E-state index contributed by atoms with van der Waals surface area (Å²) >= 11 is 0. The van der Waals surface area contributed by atoms with Gasteiger partial charge in [-0.05, 0) is 0 Å². The van der Waals surface area contributed by atoms with Crippen LogP contribution in [0.25, 0.3) is 0 Å². The molecule has 0 radical (unpaired) electrons. The second kappa shape index (κ2) is 6.63. The van der Waals surface area contributed by atoms with Gasteiger partial charge in [0, 0.05) is 18.6 Å². The fraction of sp³-hybridized carbons (Fsp3) is 0.385. The van der Waals surface area contributed by atoms with E-state index in [9.17, 15) is 9.59 Å². The normalized spacial score (nSPS) is 9.84. The van der Waals surface area contributed by atoms with Gasteiger partial charge in [-0.25, -0.2) is 0 Å². The Kier molecular flexibility index (Phi) is 5.17. The van der Waals surface area contributed by atoms with E-state index in [1.807, 2.05) is 0 Å². The molecule has 19 heavy (non-hydrogen) atoms. The summed E-state index contributed by atoms with van der Waals surface area (Å²) in [6, 6.07) is 3.10. The highest BCUT2D eigenvalue weighted by molar-refractivity contribution is 6.02. The lowest BCUT2D eigenvalue weighted by atomic mass is 10.0. The van der Waals surface area contributed by atoms with Crippen molar-refractivity contribution in [2.75, 3.05) is 21.3 Å². The third-order valence-electron chi connectivity index (χ3n) is 2.56. The molecule has 0 heterocycles. The molecule has 0 aliphatic carbocycles. The van der Waals surface area contributed by atoms with Crippen LogP contribution in [0.3, 0.4) is 0 Å². The second-order valence-corrected chi connectivity index (χ2v) is 3.72. The van der Waals surface area contributed by atoms with E-state index in [1.165, 1.54) is 21.3 Å². The van der Waals surface area contributed by atoms with Crippen molar-refractivity contribution in [1.82, 2.24) is 0 Å².